The summed E-state index contributed by atoms with van der Waals surface area (Å²) < 4.78 is 45.1. The number of fused-ring (bicyclic) bond motifs is 1. The van der Waals surface area contributed by atoms with Crippen LogP contribution in [0.3, 0.4) is 0 Å². The number of rotatable bonds is 4. The van der Waals surface area contributed by atoms with Gasteiger partial charge in [0.15, 0.2) is 0 Å². The first-order valence-corrected chi connectivity index (χ1v) is 10.0. The van der Waals surface area contributed by atoms with E-state index in [1.54, 1.807) is 6.07 Å². The average molecular weight is 376 g/mol. The van der Waals surface area contributed by atoms with E-state index < -0.39 is 16.1 Å². The zero-order valence-electron chi connectivity index (χ0n) is 13.3. The van der Waals surface area contributed by atoms with Gasteiger partial charge in [0.05, 0.1) is 11.1 Å². The van der Waals surface area contributed by atoms with E-state index in [1.807, 2.05) is 12.1 Å². The van der Waals surface area contributed by atoms with Gasteiger partial charge < -0.3 is 9.47 Å². The molecular formula is C16H22ClNO5S. The van der Waals surface area contributed by atoms with Crippen molar-refractivity contribution >= 4 is 21.9 Å². The molecule has 134 valence electrons. The minimum absolute atomic E-state index is 0.107. The van der Waals surface area contributed by atoms with Gasteiger partial charge in [-0.1, -0.05) is 30.2 Å². The largest absolute Gasteiger partial charge is 0.461 e. The molecule has 0 saturated heterocycles. The number of para-hydroxylation sites is 1. The summed E-state index contributed by atoms with van der Waals surface area (Å²) in [6.45, 7) is 0.107. The van der Waals surface area contributed by atoms with Crippen LogP contribution in [0.5, 0.6) is 5.75 Å². The molecule has 1 aromatic rings. The quantitative estimate of drug-likeness (QED) is 0.790. The predicted molar refractivity (Wildman–Crippen MR) is 90.6 cm³/mol. The number of hydrogen-bond acceptors (Lipinski definition) is 4. The molecule has 1 heterocycles. The fourth-order valence-electron chi connectivity index (χ4n) is 3.45. The first kappa shape index (κ1) is 17.9. The van der Waals surface area contributed by atoms with Crippen molar-refractivity contribution < 1.29 is 22.4 Å². The molecule has 1 spiro atoms. The number of ether oxygens (including phenoxy) is 2. The second-order valence-corrected chi connectivity index (χ2v) is 8.05. The van der Waals surface area contributed by atoms with Gasteiger partial charge >= 0.3 is 10.3 Å². The van der Waals surface area contributed by atoms with E-state index in [4.69, 9.17) is 25.6 Å². The first-order valence-electron chi connectivity index (χ1n) is 8.23. The SMILES string of the molecule is O=S(=O)(O)NCCC1Cc2cccc(Cl)c2OC2(CCCCC2)O1. The molecule has 0 bridgehead atoms. The van der Waals surface area contributed by atoms with Crippen LogP contribution >= 0.6 is 11.6 Å². The Morgan fingerprint density at radius 1 is 1.29 bits per heavy atom. The molecule has 2 N–H and O–H groups in total. The molecule has 1 aliphatic heterocycles. The lowest BCUT2D eigenvalue weighted by molar-refractivity contribution is -0.222. The standard InChI is InChI=1S/C16H22ClNO5S/c17-14-6-4-5-12-11-13(7-10-18-24(19,20)21)22-16(23-15(12)14)8-2-1-3-9-16/h4-6,13,18H,1-3,7-11H2,(H,19,20,21). The molecule has 24 heavy (non-hydrogen) atoms. The highest BCUT2D eigenvalue weighted by Crippen LogP contribution is 2.42. The van der Waals surface area contributed by atoms with E-state index in [9.17, 15) is 8.42 Å². The third-order valence-corrected chi connectivity index (χ3v) is 5.40. The number of benzene rings is 1. The Morgan fingerprint density at radius 2 is 2.04 bits per heavy atom. The number of hydrogen-bond donors (Lipinski definition) is 2. The normalized spacial score (nSPS) is 23.3. The molecular weight excluding hydrogens is 354 g/mol. The van der Waals surface area contributed by atoms with Crippen molar-refractivity contribution in [2.24, 2.45) is 0 Å². The maximum Gasteiger partial charge on any atom is 0.333 e. The summed E-state index contributed by atoms with van der Waals surface area (Å²) in [5.41, 5.74) is 0.960. The van der Waals surface area contributed by atoms with E-state index in [2.05, 4.69) is 4.72 Å². The van der Waals surface area contributed by atoms with Crippen molar-refractivity contribution in [2.75, 3.05) is 6.54 Å². The molecule has 6 nitrogen and oxygen atoms in total. The second-order valence-electron chi connectivity index (χ2n) is 6.40. The summed E-state index contributed by atoms with van der Waals surface area (Å²) in [7, 11) is -4.19. The highest BCUT2D eigenvalue weighted by molar-refractivity contribution is 7.83. The van der Waals surface area contributed by atoms with Crippen LogP contribution in [0, 0.1) is 0 Å². The van der Waals surface area contributed by atoms with Gasteiger partial charge in [-0.05, 0) is 30.9 Å². The van der Waals surface area contributed by atoms with Crippen LogP contribution in [0.4, 0.5) is 0 Å². The molecule has 2 aliphatic rings. The van der Waals surface area contributed by atoms with Gasteiger partial charge in [0.2, 0.25) is 5.79 Å². The Balaban J connectivity index is 1.82. The molecule has 3 rings (SSSR count). The van der Waals surface area contributed by atoms with Crippen molar-refractivity contribution in [3.63, 3.8) is 0 Å². The Bertz CT molecular complexity index is 688. The molecule has 1 atom stereocenters. The van der Waals surface area contributed by atoms with Crippen LogP contribution in [-0.2, 0) is 21.5 Å². The van der Waals surface area contributed by atoms with Crippen molar-refractivity contribution in [3.8, 4) is 5.75 Å². The Morgan fingerprint density at radius 3 is 2.75 bits per heavy atom. The van der Waals surface area contributed by atoms with Crippen LogP contribution in [0.25, 0.3) is 0 Å². The van der Waals surface area contributed by atoms with Crippen molar-refractivity contribution in [1.82, 2.24) is 4.72 Å². The van der Waals surface area contributed by atoms with Gasteiger partial charge in [0.1, 0.15) is 5.75 Å². The lowest BCUT2D eigenvalue weighted by Gasteiger charge is -2.38. The maximum absolute atomic E-state index is 10.8. The Labute approximate surface area is 147 Å². The lowest BCUT2D eigenvalue weighted by atomic mass is 9.93. The highest BCUT2D eigenvalue weighted by Gasteiger charge is 2.41. The second kappa shape index (κ2) is 7.17. The van der Waals surface area contributed by atoms with E-state index in [0.717, 1.165) is 37.7 Å². The average Bonchev–Trinajstić information content (AvgIpc) is 2.64. The molecule has 1 aromatic carbocycles. The van der Waals surface area contributed by atoms with Crippen LogP contribution in [0.2, 0.25) is 5.02 Å². The lowest BCUT2D eigenvalue weighted by Crippen LogP contribution is -2.44. The molecule has 0 amide bonds. The van der Waals surface area contributed by atoms with Crippen LogP contribution < -0.4 is 9.46 Å². The van der Waals surface area contributed by atoms with Gasteiger partial charge in [-0.3, -0.25) is 4.55 Å². The number of halogens is 1. The van der Waals surface area contributed by atoms with Gasteiger partial charge in [-0.2, -0.15) is 13.1 Å². The number of nitrogens with one attached hydrogen (secondary N) is 1. The molecule has 1 saturated carbocycles. The third-order valence-electron chi connectivity index (χ3n) is 4.53. The Kier molecular flexibility index (Phi) is 5.36. The van der Waals surface area contributed by atoms with Crippen molar-refractivity contribution in [1.29, 1.82) is 0 Å². The van der Waals surface area contributed by atoms with E-state index in [1.165, 1.54) is 0 Å². The molecule has 0 aromatic heterocycles. The Hall–Kier alpha value is -0.860. The molecule has 1 aliphatic carbocycles. The first-order chi connectivity index (χ1) is 11.4. The van der Waals surface area contributed by atoms with Crippen LogP contribution in [0.1, 0.15) is 44.1 Å². The van der Waals surface area contributed by atoms with E-state index in [-0.39, 0.29) is 12.6 Å². The third kappa shape index (κ3) is 4.40. The van der Waals surface area contributed by atoms with Gasteiger partial charge in [0.25, 0.3) is 0 Å². The summed E-state index contributed by atoms with van der Waals surface area (Å²) >= 11 is 6.32. The zero-order valence-corrected chi connectivity index (χ0v) is 14.9. The summed E-state index contributed by atoms with van der Waals surface area (Å²) in [5, 5.41) is 0.567. The maximum atomic E-state index is 10.8. The molecule has 1 unspecified atom stereocenters. The van der Waals surface area contributed by atoms with Crippen LogP contribution in [0.15, 0.2) is 18.2 Å². The van der Waals surface area contributed by atoms with E-state index in [0.29, 0.717) is 23.6 Å². The van der Waals surface area contributed by atoms with Crippen molar-refractivity contribution in [3.05, 3.63) is 28.8 Å². The van der Waals surface area contributed by atoms with Gasteiger partial charge in [0, 0.05) is 25.8 Å². The van der Waals surface area contributed by atoms with Crippen LogP contribution in [-0.4, -0.2) is 31.4 Å². The van der Waals surface area contributed by atoms with Gasteiger partial charge in [-0.25, -0.2) is 0 Å². The summed E-state index contributed by atoms with van der Waals surface area (Å²) in [5.74, 6) is -0.0247. The monoisotopic (exact) mass is 375 g/mol. The van der Waals surface area contributed by atoms with E-state index >= 15 is 0 Å². The minimum atomic E-state index is -4.19. The molecule has 8 heteroatoms. The summed E-state index contributed by atoms with van der Waals surface area (Å²) in [4.78, 5) is 0. The fraction of sp³-hybridized carbons (Fsp3) is 0.625. The fourth-order valence-corrected chi connectivity index (χ4v) is 4.06. The molecule has 1 fully saturated rings. The highest BCUT2D eigenvalue weighted by atomic mass is 35.5. The molecule has 0 radical (unpaired) electrons. The minimum Gasteiger partial charge on any atom is -0.461 e. The smallest absolute Gasteiger partial charge is 0.333 e. The summed E-state index contributed by atoms with van der Waals surface area (Å²) in [6.07, 6.45) is 5.60. The summed E-state index contributed by atoms with van der Waals surface area (Å²) in [6, 6.07) is 5.63. The zero-order chi connectivity index (χ0) is 17.2. The predicted octanol–water partition coefficient (Wildman–Crippen LogP) is 3.10. The van der Waals surface area contributed by atoms with Crippen molar-refractivity contribution in [2.45, 2.75) is 56.8 Å². The van der Waals surface area contributed by atoms with Gasteiger partial charge in [-0.15, -0.1) is 0 Å². The topological polar surface area (TPSA) is 84.9 Å².